The zero-order chi connectivity index (χ0) is 13.8. The lowest BCUT2D eigenvalue weighted by Gasteiger charge is -2.05. The maximum absolute atomic E-state index is 12.9. The van der Waals surface area contributed by atoms with Crippen molar-refractivity contribution in [3.8, 4) is 0 Å². The third-order valence-corrected chi connectivity index (χ3v) is 2.34. The van der Waals surface area contributed by atoms with Crippen LogP contribution in [0.4, 0.5) is 15.8 Å². The van der Waals surface area contributed by atoms with E-state index in [1.807, 2.05) is 0 Å². The van der Waals surface area contributed by atoms with E-state index in [0.717, 1.165) is 12.3 Å². The van der Waals surface area contributed by atoms with Crippen LogP contribution in [-0.4, -0.2) is 15.8 Å². The number of carbonyl (C=O) groups excluding carboxylic acids is 1. The van der Waals surface area contributed by atoms with Crippen molar-refractivity contribution in [3.05, 3.63) is 64.2 Å². The van der Waals surface area contributed by atoms with Crippen LogP contribution < -0.4 is 5.32 Å². The first-order valence-electron chi connectivity index (χ1n) is 5.24. The minimum absolute atomic E-state index is 0.0330. The largest absolute Gasteiger partial charge is 0.316 e. The Bertz CT molecular complexity index is 646. The zero-order valence-electron chi connectivity index (χ0n) is 9.54. The highest BCUT2D eigenvalue weighted by molar-refractivity contribution is 6.05. The monoisotopic (exact) mass is 261 g/mol. The van der Waals surface area contributed by atoms with E-state index >= 15 is 0 Å². The molecule has 1 aromatic heterocycles. The summed E-state index contributed by atoms with van der Waals surface area (Å²) in [7, 11) is 0. The van der Waals surface area contributed by atoms with Gasteiger partial charge in [0.2, 0.25) is 5.95 Å². The van der Waals surface area contributed by atoms with Crippen LogP contribution in [0.1, 0.15) is 10.4 Å². The van der Waals surface area contributed by atoms with E-state index in [9.17, 15) is 19.3 Å². The number of carbonyl (C=O) groups is 1. The van der Waals surface area contributed by atoms with Crippen LogP contribution in [0.2, 0.25) is 0 Å². The first-order chi connectivity index (χ1) is 9.08. The summed E-state index contributed by atoms with van der Waals surface area (Å²) >= 11 is 0. The summed E-state index contributed by atoms with van der Waals surface area (Å²) in [6.07, 6.45) is 1.14. The number of nitro groups is 1. The molecule has 1 N–H and O–H groups in total. The van der Waals surface area contributed by atoms with E-state index in [2.05, 4.69) is 10.3 Å². The number of para-hydroxylation sites is 2. The molecule has 1 aromatic carbocycles. The van der Waals surface area contributed by atoms with E-state index in [0.29, 0.717) is 0 Å². The van der Waals surface area contributed by atoms with Gasteiger partial charge in [-0.25, -0.2) is 4.98 Å². The summed E-state index contributed by atoms with van der Waals surface area (Å²) in [4.78, 5) is 25.3. The van der Waals surface area contributed by atoms with Gasteiger partial charge < -0.3 is 5.32 Å². The lowest BCUT2D eigenvalue weighted by Crippen LogP contribution is -2.13. The number of nitrogens with one attached hydrogen (secondary N) is 1. The maximum Gasteiger partial charge on any atom is 0.292 e. The number of hydrogen-bond acceptors (Lipinski definition) is 4. The van der Waals surface area contributed by atoms with E-state index in [1.165, 1.54) is 24.3 Å². The molecule has 1 amide bonds. The van der Waals surface area contributed by atoms with E-state index in [4.69, 9.17) is 0 Å². The molecule has 0 unspecified atom stereocenters. The van der Waals surface area contributed by atoms with Gasteiger partial charge in [0.25, 0.3) is 11.6 Å². The van der Waals surface area contributed by atoms with Crippen molar-refractivity contribution >= 4 is 17.3 Å². The lowest BCUT2D eigenvalue weighted by atomic mass is 10.2. The van der Waals surface area contributed by atoms with Gasteiger partial charge >= 0.3 is 0 Å². The molecule has 0 aliphatic carbocycles. The van der Waals surface area contributed by atoms with Crippen molar-refractivity contribution < 1.29 is 14.1 Å². The smallest absolute Gasteiger partial charge is 0.292 e. The summed E-state index contributed by atoms with van der Waals surface area (Å²) in [6.45, 7) is 0. The predicted molar refractivity (Wildman–Crippen MR) is 65.2 cm³/mol. The minimum Gasteiger partial charge on any atom is -0.316 e. The molecule has 1 heterocycles. The number of anilines is 1. The second-order valence-electron chi connectivity index (χ2n) is 3.60. The number of aromatic nitrogens is 1. The predicted octanol–water partition coefficient (Wildman–Crippen LogP) is 2.38. The van der Waals surface area contributed by atoms with E-state index in [1.54, 1.807) is 6.07 Å². The number of benzene rings is 1. The van der Waals surface area contributed by atoms with Crippen LogP contribution in [0.25, 0.3) is 0 Å². The van der Waals surface area contributed by atoms with Gasteiger partial charge in [-0.15, -0.1) is 0 Å². The van der Waals surface area contributed by atoms with E-state index in [-0.39, 0.29) is 16.9 Å². The Morgan fingerprint density at radius 1 is 1.32 bits per heavy atom. The quantitative estimate of drug-likeness (QED) is 0.522. The van der Waals surface area contributed by atoms with Crippen LogP contribution >= 0.6 is 0 Å². The topological polar surface area (TPSA) is 85.1 Å². The van der Waals surface area contributed by atoms with Gasteiger partial charge in [0.05, 0.1) is 4.92 Å². The molecule has 0 saturated carbocycles. The summed E-state index contributed by atoms with van der Waals surface area (Å²) in [5.41, 5.74) is -0.147. The Labute approximate surface area is 107 Å². The summed E-state index contributed by atoms with van der Waals surface area (Å²) < 4.78 is 12.9. The molecule has 0 spiro atoms. The van der Waals surface area contributed by atoms with Crippen molar-refractivity contribution in [2.45, 2.75) is 0 Å². The number of nitrogens with zero attached hydrogens (tertiary/aromatic N) is 2. The molecule has 0 aliphatic rings. The van der Waals surface area contributed by atoms with Crippen molar-refractivity contribution in [3.63, 3.8) is 0 Å². The normalized spacial score (nSPS) is 9.95. The van der Waals surface area contributed by atoms with Crippen LogP contribution in [0, 0.1) is 16.1 Å². The fraction of sp³-hybridized carbons (Fsp3) is 0. The van der Waals surface area contributed by atoms with Gasteiger partial charge in [0.1, 0.15) is 5.69 Å². The van der Waals surface area contributed by atoms with E-state index < -0.39 is 16.8 Å². The molecule has 6 nitrogen and oxygen atoms in total. The van der Waals surface area contributed by atoms with Gasteiger partial charge in [-0.1, -0.05) is 12.1 Å². The number of amides is 1. The molecule has 0 bridgehead atoms. The average Bonchev–Trinajstić information content (AvgIpc) is 2.39. The Kier molecular flexibility index (Phi) is 3.46. The third-order valence-electron chi connectivity index (χ3n) is 2.34. The highest BCUT2D eigenvalue weighted by Crippen LogP contribution is 2.23. The molecule has 0 fully saturated rings. The number of nitro benzene ring substituents is 1. The van der Waals surface area contributed by atoms with Gasteiger partial charge in [0, 0.05) is 23.9 Å². The number of rotatable bonds is 3. The number of hydrogen-bond donors (Lipinski definition) is 1. The van der Waals surface area contributed by atoms with Crippen LogP contribution in [0.15, 0.2) is 42.6 Å². The lowest BCUT2D eigenvalue weighted by molar-refractivity contribution is -0.383. The minimum atomic E-state index is -0.796. The fourth-order valence-electron chi connectivity index (χ4n) is 1.48. The highest BCUT2D eigenvalue weighted by atomic mass is 19.1. The SMILES string of the molecule is O=C(Nc1ccccc1[N+](=O)[O-])c1ccnc(F)c1. The standard InChI is InChI=1S/C12H8FN3O3/c13-11-7-8(5-6-14-11)12(17)15-9-3-1-2-4-10(9)16(18)19/h1-7H,(H,15,17). The molecule has 2 aromatic rings. The summed E-state index contributed by atoms with van der Waals surface area (Å²) in [6, 6.07) is 7.96. The first-order valence-corrected chi connectivity index (χ1v) is 5.24. The molecule has 0 saturated heterocycles. The molecular weight excluding hydrogens is 253 g/mol. The zero-order valence-corrected chi connectivity index (χ0v) is 9.54. The molecule has 0 atom stereocenters. The number of halogens is 1. The summed E-state index contributed by atoms with van der Waals surface area (Å²) in [5.74, 6) is -1.44. The Morgan fingerprint density at radius 2 is 2.05 bits per heavy atom. The fourth-order valence-corrected chi connectivity index (χ4v) is 1.48. The number of pyridine rings is 1. The molecule has 0 radical (unpaired) electrons. The Balaban J connectivity index is 2.27. The van der Waals surface area contributed by atoms with Crippen molar-refractivity contribution in [1.29, 1.82) is 0 Å². The van der Waals surface area contributed by atoms with Crippen molar-refractivity contribution in [2.75, 3.05) is 5.32 Å². The molecule has 0 aliphatic heterocycles. The second kappa shape index (κ2) is 5.21. The molecule has 19 heavy (non-hydrogen) atoms. The van der Waals surface area contributed by atoms with Gasteiger partial charge in [0.15, 0.2) is 0 Å². The Hall–Kier alpha value is -2.83. The van der Waals surface area contributed by atoms with Gasteiger partial charge in [-0.3, -0.25) is 14.9 Å². The van der Waals surface area contributed by atoms with Gasteiger partial charge in [-0.05, 0) is 12.1 Å². The van der Waals surface area contributed by atoms with Crippen LogP contribution in [0.3, 0.4) is 0 Å². The van der Waals surface area contributed by atoms with Crippen molar-refractivity contribution in [1.82, 2.24) is 4.98 Å². The van der Waals surface area contributed by atoms with Crippen molar-refractivity contribution in [2.24, 2.45) is 0 Å². The second-order valence-corrected chi connectivity index (χ2v) is 3.60. The summed E-state index contributed by atoms with van der Waals surface area (Å²) in [5, 5.41) is 13.1. The first kappa shape index (κ1) is 12.6. The molecule has 96 valence electrons. The Morgan fingerprint density at radius 3 is 2.74 bits per heavy atom. The maximum atomic E-state index is 12.9. The average molecular weight is 261 g/mol. The molecular formula is C12H8FN3O3. The third kappa shape index (κ3) is 2.89. The van der Waals surface area contributed by atoms with Crippen LogP contribution in [-0.2, 0) is 0 Å². The molecule has 2 rings (SSSR count). The highest BCUT2D eigenvalue weighted by Gasteiger charge is 2.15. The van der Waals surface area contributed by atoms with Gasteiger partial charge in [-0.2, -0.15) is 4.39 Å². The molecule has 7 heteroatoms. The van der Waals surface area contributed by atoms with Crippen LogP contribution in [0.5, 0.6) is 0 Å².